The lowest BCUT2D eigenvalue weighted by Crippen LogP contribution is -2.14. The van der Waals surface area contributed by atoms with Gasteiger partial charge in [0.25, 0.3) is 0 Å². The Bertz CT molecular complexity index is 249. The molecular weight excluding hydrogens is 256 g/mol. The van der Waals surface area contributed by atoms with E-state index in [1.165, 1.54) is 0 Å². The molecule has 0 aromatic rings. The maximum Gasteiger partial charge on any atom is 0.329 e. The minimum atomic E-state index is -0.990. The monoisotopic (exact) mass is 276 g/mol. The lowest BCUT2D eigenvalue weighted by molar-refractivity contribution is -0.142. The van der Waals surface area contributed by atoms with Crippen LogP contribution in [0, 0.1) is 12.5 Å². The second kappa shape index (κ2) is 14.7. The van der Waals surface area contributed by atoms with Crippen LogP contribution >= 0.6 is 0 Å². The van der Waals surface area contributed by atoms with Crippen LogP contribution in [0.3, 0.4) is 0 Å². The fourth-order valence-electron chi connectivity index (χ4n) is 0.979. The Labute approximate surface area is 112 Å². The topological polar surface area (TPSA) is 83.5 Å². The summed E-state index contributed by atoms with van der Waals surface area (Å²) in [4.78, 5) is 10.1. The molecule has 0 saturated heterocycles. The zero-order valence-electron chi connectivity index (χ0n) is 10.8. The van der Waals surface area contributed by atoms with Crippen molar-refractivity contribution in [3.63, 3.8) is 0 Å². The van der Waals surface area contributed by atoms with Crippen LogP contribution in [0.1, 0.15) is 0 Å². The Morgan fingerprint density at radius 1 is 0.842 bits per heavy atom. The number of ether oxygens (including phenoxy) is 5. The molecule has 0 atom stereocenters. The molecule has 0 amide bonds. The molecule has 0 rings (SSSR count). The molecule has 0 radical (unpaired) electrons. The lowest BCUT2D eigenvalue weighted by atomic mass is 10.7. The summed E-state index contributed by atoms with van der Waals surface area (Å²) in [6.45, 7) is 2.91. The van der Waals surface area contributed by atoms with Gasteiger partial charge in [0.05, 0.1) is 46.2 Å². The first-order chi connectivity index (χ1) is 9.27. The first-order valence-corrected chi connectivity index (χ1v) is 5.87. The molecule has 19 heavy (non-hydrogen) atoms. The third-order valence-corrected chi connectivity index (χ3v) is 1.75. The third-order valence-electron chi connectivity index (χ3n) is 1.75. The summed E-state index contributed by atoms with van der Waals surface area (Å²) in [6, 6.07) is 0. The molecule has 7 nitrogen and oxygen atoms in total. The Morgan fingerprint density at radius 2 is 1.26 bits per heavy atom. The molecule has 0 aliphatic carbocycles. The van der Waals surface area contributed by atoms with E-state index in [0.717, 1.165) is 0 Å². The van der Waals surface area contributed by atoms with Gasteiger partial charge in [0.2, 0.25) is 0 Å². The summed E-state index contributed by atoms with van der Waals surface area (Å²) in [5, 5.41) is 8.29. The Morgan fingerprint density at radius 3 is 1.68 bits per heavy atom. The highest BCUT2D eigenvalue weighted by atomic mass is 16.6. The molecular formula is C12H20O7. The number of aliphatic carboxylic acids is 1. The Kier molecular flexibility index (Phi) is 13.7. The number of rotatable bonds is 14. The molecule has 0 unspecified atom stereocenters. The number of carboxylic acid groups (broad SMARTS) is 1. The Hall–Kier alpha value is -1.33. The zero-order chi connectivity index (χ0) is 14.2. The van der Waals surface area contributed by atoms with Gasteiger partial charge in [-0.15, -0.1) is 0 Å². The minimum Gasteiger partial charge on any atom is -0.480 e. The fourth-order valence-corrected chi connectivity index (χ4v) is 0.979. The predicted molar refractivity (Wildman–Crippen MR) is 65.7 cm³/mol. The normalized spacial score (nSPS) is 10.1. The highest BCUT2D eigenvalue weighted by molar-refractivity contribution is 5.67. The van der Waals surface area contributed by atoms with Crippen molar-refractivity contribution in [2.75, 3.05) is 59.5 Å². The van der Waals surface area contributed by atoms with Crippen molar-refractivity contribution in [1.82, 2.24) is 0 Å². The highest BCUT2D eigenvalue weighted by Crippen LogP contribution is 1.83. The van der Waals surface area contributed by atoms with Gasteiger partial charge in [0.1, 0.15) is 19.3 Å². The molecule has 1 N–H and O–H groups in total. The van der Waals surface area contributed by atoms with Gasteiger partial charge in [0.15, 0.2) is 0 Å². The average Bonchev–Trinajstić information content (AvgIpc) is 2.39. The van der Waals surface area contributed by atoms with Crippen LogP contribution in [0.2, 0.25) is 0 Å². The van der Waals surface area contributed by atoms with Crippen molar-refractivity contribution in [2.24, 2.45) is 0 Å². The molecule has 0 bridgehead atoms. The van der Waals surface area contributed by atoms with Crippen molar-refractivity contribution in [3.05, 3.63) is 0 Å². The summed E-state index contributed by atoms with van der Waals surface area (Å²) in [7, 11) is 0. The molecule has 110 valence electrons. The van der Waals surface area contributed by atoms with E-state index in [-0.39, 0.29) is 13.2 Å². The molecule has 7 heteroatoms. The summed E-state index contributed by atoms with van der Waals surface area (Å²) in [5.74, 6) is -0.990. The van der Waals surface area contributed by atoms with E-state index in [2.05, 4.69) is 4.74 Å². The minimum absolute atomic E-state index is 0.255. The second-order valence-electron chi connectivity index (χ2n) is 3.25. The average molecular weight is 276 g/mol. The first kappa shape index (κ1) is 17.7. The van der Waals surface area contributed by atoms with Crippen LogP contribution in [-0.2, 0) is 28.5 Å². The van der Waals surface area contributed by atoms with E-state index in [9.17, 15) is 4.79 Å². The zero-order valence-corrected chi connectivity index (χ0v) is 10.8. The van der Waals surface area contributed by atoms with Crippen LogP contribution < -0.4 is 0 Å². The van der Waals surface area contributed by atoms with Crippen molar-refractivity contribution in [1.29, 1.82) is 0 Å². The number of hydrogen-bond donors (Lipinski definition) is 1. The second-order valence-corrected chi connectivity index (χ2v) is 3.25. The molecule has 0 aromatic heterocycles. The van der Waals surface area contributed by atoms with Crippen LogP contribution in [0.5, 0.6) is 0 Å². The number of hydrogen-bond acceptors (Lipinski definition) is 6. The van der Waals surface area contributed by atoms with E-state index in [1.54, 1.807) is 0 Å². The highest BCUT2D eigenvalue weighted by Gasteiger charge is 1.96. The molecule has 0 heterocycles. The summed E-state index contributed by atoms with van der Waals surface area (Å²) >= 11 is 0. The number of carbonyl (C=O) groups is 1. The van der Waals surface area contributed by atoms with E-state index < -0.39 is 5.97 Å². The quantitative estimate of drug-likeness (QED) is 0.346. The molecule has 0 aromatic carbocycles. The summed E-state index contributed by atoms with van der Waals surface area (Å²) in [6.07, 6.45) is 6.92. The lowest BCUT2D eigenvalue weighted by Gasteiger charge is -2.06. The number of terminal acetylenes is 1. The number of carboxylic acids is 1. The van der Waals surface area contributed by atoms with E-state index in [4.69, 9.17) is 30.5 Å². The largest absolute Gasteiger partial charge is 0.480 e. The van der Waals surface area contributed by atoms with Crippen molar-refractivity contribution in [2.45, 2.75) is 0 Å². The first-order valence-electron chi connectivity index (χ1n) is 5.87. The predicted octanol–water partition coefficient (Wildman–Crippen LogP) is -0.255. The van der Waals surface area contributed by atoms with Crippen LogP contribution in [0.25, 0.3) is 0 Å². The molecule has 0 spiro atoms. The maximum absolute atomic E-state index is 10.1. The standard InChI is InChI=1S/C12H20O7/c1-2-15-3-4-16-5-6-17-7-8-18-9-10-19-11-12(13)14/h1H,3-11H2,(H,13,14). The summed E-state index contributed by atoms with van der Waals surface area (Å²) < 4.78 is 24.9. The van der Waals surface area contributed by atoms with Crippen LogP contribution in [0.15, 0.2) is 0 Å². The van der Waals surface area contributed by atoms with Gasteiger partial charge in [-0.3, -0.25) is 0 Å². The Balaban J connectivity index is 2.95. The fraction of sp³-hybridized carbons (Fsp3) is 0.750. The summed E-state index contributed by atoms with van der Waals surface area (Å²) in [5.41, 5.74) is 0. The van der Waals surface area contributed by atoms with Crippen LogP contribution in [-0.4, -0.2) is 70.5 Å². The van der Waals surface area contributed by atoms with Gasteiger partial charge in [-0.05, 0) is 0 Å². The molecule has 0 saturated carbocycles. The van der Waals surface area contributed by atoms with Crippen LogP contribution in [0.4, 0.5) is 0 Å². The SMILES string of the molecule is C#COCCOCCOCCOCCOCC(=O)O. The van der Waals surface area contributed by atoms with Gasteiger partial charge in [-0.25, -0.2) is 4.79 Å². The molecule has 0 aliphatic rings. The smallest absolute Gasteiger partial charge is 0.329 e. The third kappa shape index (κ3) is 16.7. The maximum atomic E-state index is 10.1. The van der Waals surface area contributed by atoms with Gasteiger partial charge >= 0.3 is 5.97 Å². The van der Waals surface area contributed by atoms with Gasteiger partial charge in [0, 0.05) is 0 Å². The van der Waals surface area contributed by atoms with Crippen molar-refractivity contribution < 1.29 is 33.6 Å². The van der Waals surface area contributed by atoms with E-state index in [0.29, 0.717) is 46.2 Å². The van der Waals surface area contributed by atoms with E-state index in [1.807, 2.05) is 6.11 Å². The van der Waals surface area contributed by atoms with E-state index >= 15 is 0 Å². The van der Waals surface area contributed by atoms with Crippen molar-refractivity contribution >= 4 is 5.97 Å². The molecule has 0 fully saturated rings. The molecule has 0 aliphatic heterocycles. The van der Waals surface area contributed by atoms with Gasteiger partial charge < -0.3 is 28.8 Å². The van der Waals surface area contributed by atoms with Crippen molar-refractivity contribution in [3.8, 4) is 12.5 Å². The van der Waals surface area contributed by atoms with Gasteiger partial charge in [-0.1, -0.05) is 6.42 Å². The van der Waals surface area contributed by atoms with Gasteiger partial charge in [-0.2, -0.15) is 0 Å².